The van der Waals surface area contributed by atoms with Crippen LogP contribution in [-0.2, 0) is 33.3 Å². The summed E-state index contributed by atoms with van der Waals surface area (Å²) in [4.78, 5) is 30.1. The third kappa shape index (κ3) is 5.74. The van der Waals surface area contributed by atoms with Crippen LogP contribution < -0.4 is 18.9 Å². The molecule has 1 unspecified atom stereocenters. The molecule has 1 saturated heterocycles. The summed E-state index contributed by atoms with van der Waals surface area (Å²) in [7, 11) is 3.67. The number of aryl methyl sites for hydroxylation is 1. The Balaban J connectivity index is 1.35. The van der Waals surface area contributed by atoms with E-state index in [-0.39, 0.29) is 37.1 Å². The molecule has 0 spiro atoms. The summed E-state index contributed by atoms with van der Waals surface area (Å²) in [6, 6.07) is 7.11. The maximum absolute atomic E-state index is 13.3. The summed E-state index contributed by atoms with van der Waals surface area (Å²) in [5, 5.41) is 10.9. The van der Waals surface area contributed by atoms with E-state index >= 15 is 0 Å². The molecule has 4 aliphatic heterocycles. The molecule has 4 aliphatic rings. The molecule has 272 valence electrons. The summed E-state index contributed by atoms with van der Waals surface area (Å²) in [6.07, 6.45) is -1.23. The average Bonchev–Trinajstić information content (AvgIpc) is 3.58. The summed E-state index contributed by atoms with van der Waals surface area (Å²) < 4.78 is 69.4. The van der Waals surface area contributed by atoms with Crippen LogP contribution in [0.4, 0.5) is 13.2 Å². The molecule has 52 heavy (non-hydrogen) atoms. The van der Waals surface area contributed by atoms with Gasteiger partial charge >= 0.3 is 18.1 Å². The van der Waals surface area contributed by atoms with Crippen molar-refractivity contribution in [2.45, 2.75) is 76.9 Å². The highest BCUT2D eigenvalue weighted by molar-refractivity contribution is 5.87. The topological polar surface area (TPSA) is 111 Å². The summed E-state index contributed by atoms with van der Waals surface area (Å²) >= 11 is 0. The number of alkyl halides is 3. The number of hydrogen-bond acceptors (Lipinski definition) is 10. The lowest BCUT2D eigenvalue weighted by Gasteiger charge is -2.60. The van der Waals surface area contributed by atoms with E-state index in [0.717, 1.165) is 46.2 Å². The number of methoxy groups -OCH3 is 1. The predicted molar refractivity (Wildman–Crippen MR) is 182 cm³/mol. The minimum Gasteiger partial charge on any atom is -0.496 e. The van der Waals surface area contributed by atoms with Gasteiger partial charge in [0.1, 0.15) is 24.1 Å². The molecule has 2 bridgehead atoms. The summed E-state index contributed by atoms with van der Waals surface area (Å²) in [5.74, 6) is 0.638. The van der Waals surface area contributed by atoms with Crippen molar-refractivity contribution >= 4 is 18.0 Å². The van der Waals surface area contributed by atoms with Gasteiger partial charge < -0.3 is 23.7 Å². The van der Waals surface area contributed by atoms with E-state index in [1.807, 2.05) is 20.9 Å². The fraction of sp³-hybridized carbons (Fsp3) is 0.410. The second-order valence-electron chi connectivity index (χ2n) is 13.7. The lowest BCUT2D eigenvalue weighted by Crippen LogP contribution is -2.68. The molecule has 5 atom stereocenters. The highest BCUT2D eigenvalue weighted by atomic mass is 19.4. The zero-order valence-electron chi connectivity index (χ0n) is 29.6. The number of ether oxygens (including phenoxy) is 5. The Morgan fingerprint density at radius 2 is 1.79 bits per heavy atom. The van der Waals surface area contributed by atoms with Crippen LogP contribution in [0.2, 0.25) is 0 Å². The van der Waals surface area contributed by atoms with E-state index in [0.29, 0.717) is 46.8 Å². The normalized spacial score (nSPS) is 23.3. The molecule has 10 nitrogen and oxygen atoms in total. The van der Waals surface area contributed by atoms with Gasteiger partial charge in [-0.2, -0.15) is 18.4 Å². The number of carbonyl (C=O) groups excluding carboxylic acids is 2. The van der Waals surface area contributed by atoms with E-state index in [4.69, 9.17) is 23.7 Å². The lowest BCUT2D eigenvalue weighted by atomic mass is 9.71. The van der Waals surface area contributed by atoms with Crippen molar-refractivity contribution < 1.29 is 46.4 Å². The third-order valence-corrected chi connectivity index (χ3v) is 10.8. The molecule has 3 aromatic carbocycles. The van der Waals surface area contributed by atoms with Gasteiger partial charge in [0.2, 0.25) is 6.79 Å². The molecule has 1 fully saturated rings. The predicted octanol–water partition coefficient (Wildman–Crippen LogP) is 6.32. The van der Waals surface area contributed by atoms with Crippen LogP contribution in [-0.4, -0.2) is 67.4 Å². The van der Waals surface area contributed by atoms with Crippen molar-refractivity contribution in [2.75, 3.05) is 27.6 Å². The van der Waals surface area contributed by atoms with Gasteiger partial charge in [0, 0.05) is 41.8 Å². The van der Waals surface area contributed by atoms with Crippen molar-refractivity contribution in [1.82, 2.24) is 9.80 Å². The van der Waals surface area contributed by atoms with Gasteiger partial charge in [-0.1, -0.05) is 18.2 Å². The lowest BCUT2D eigenvalue weighted by molar-refractivity contribution is -0.143. The highest BCUT2D eigenvalue weighted by Gasteiger charge is 2.56. The van der Waals surface area contributed by atoms with Crippen LogP contribution >= 0.6 is 0 Å². The molecular formula is C39H38F3N3O7. The fourth-order valence-corrected chi connectivity index (χ4v) is 8.80. The molecule has 7 rings (SSSR count). The van der Waals surface area contributed by atoms with Crippen molar-refractivity contribution in [2.24, 2.45) is 0 Å². The van der Waals surface area contributed by atoms with E-state index in [2.05, 4.69) is 21.9 Å². The number of nitriles is 1. The molecule has 3 aromatic rings. The fourth-order valence-electron chi connectivity index (χ4n) is 8.80. The number of nitrogens with zero attached hydrogens (tertiary/aromatic N) is 3. The van der Waals surface area contributed by atoms with Gasteiger partial charge in [0.05, 0.1) is 30.8 Å². The number of piperazine rings is 1. The minimum atomic E-state index is -4.54. The van der Waals surface area contributed by atoms with E-state index < -0.39 is 35.8 Å². The number of hydrogen-bond donors (Lipinski definition) is 0. The molecule has 0 saturated carbocycles. The van der Waals surface area contributed by atoms with E-state index in [1.165, 1.54) is 25.1 Å². The van der Waals surface area contributed by atoms with Gasteiger partial charge in [-0.25, -0.2) is 4.79 Å². The Morgan fingerprint density at radius 1 is 1.04 bits per heavy atom. The van der Waals surface area contributed by atoms with Gasteiger partial charge in [-0.05, 0) is 86.7 Å². The van der Waals surface area contributed by atoms with Gasteiger partial charge in [-0.15, -0.1) is 0 Å². The number of halogens is 3. The monoisotopic (exact) mass is 717 g/mol. The van der Waals surface area contributed by atoms with Crippen LogP contribution in [0.15, 0.2) is 36.4 Å². The quantitative estimate of drug-likeness (QED) is 0.163. The van der Waals surface area contributed by atoms with Crippen molar-refractivity contribution in [3.63, 3.8) is 0 Å². The standard InChI is InChI=1S/C39H38F3N3O7/c1-19-12-24-14-27-29(16-43)45-28(34(44(27)5)32(24)20(2)35(19)48-6)15-26-33(38-37(50-18-51-38)21(3)36(26)52-22(4)46)30(45)17-49-31(47)11-10-23-8-7-9-25(13-23)39(40,41)42/h7-13,27-30,34H,14-15,17-18H2,1-6H3/b11-10+/t27-,28?,29+,30+,34+/m1/s1. The first kappa shape index (κ1) is 35.3. The Morgan fingerprint density at radius 3 is 2.48 bits per heavy atom. The van der Waals surface area contributed by atoms with E-state index in [9.17, 15) is 28.0 Å². The first-order chi connectivity index (χ1) is 24.7. The molecule has 0 radical (unpaired) electrons. The van der Waals surface area contributed by atoms with Crippen LogP contribution in [0, 0.1) is 32.1 Å². The SMILES string of the molecule is COc1c(C)cc2c(c1C)[C@@H]1C3Cc4c(OC(C)=O)c(C)c5c(c4[C@H](COC(=O)/C=C/c4cccc(C(F)(F)F)c4)N3[C@@H](C#N)[C@@H](C2)N1C)OCO5. The van der Waals surface area contributed by atoms with Crippen LogP contribution in [0.25, 0.3) is 6.08 Å². The second-order valence-corrected chi connectivity index (χ2v) is 13.7. The van der Waals surface area contributed by atoms with Crippen molar-refractivity contribution in [3.05, 3.63) is 86.5 Å². The van der Waals surface area contributed by atoms with Crippen molar-refractivity contribution in [1.29, 1.82) is 5.26 Å². The number of rotatable bonds is 6. The number of likely N-dealkylation sites (N-methyl/N-ethyl adjacent to an activating group) is 1. The maximum atomic E-state index is 13.3. The van der Waals surface area contributed by atoms with Gasteiger partial charge in [0.25, 0.3) is 0 Å². The maximum Gasteiger partial charge on any atom is 0.416 e. The minimum absolute atomic E-state index is 0.0802. The molecule has 4 heterocycles. The number of benzene rings is 3. The molecular weight excluding hydrogens is 679 g/mol. The summed E-state index contributed by atoms with van der Waals surface area (Å²) in [5.41, 5.74) is 5.45. The third-order valence-electron chi connectivity index (χ3n) is 10.8. The molecule has 0 aliphatic carbocycles. The van der Waals surface area contributed by atoms with E-state index in [1.54, 1.807) is 14.0 Å². The second kappa shape index (κ2) is 13.2. The molecule has 13 heteroatoms. The van der Waals surface area contributed by atoms with Gasteiger partial charge in [0.15, 0.2) is 11.5 Å². The molecule has 0 amide bonds. The van der Waals surface area contributed by atoms with Crippen LogP contribution in [0.1, 0.15) is 69.1 Å². The largest absolute Gasteiger partial charge is 0.496 e. The van der Waals surface area contributed by atoms with Crippen LogP contribution in [0.3, 0.4) is 0 Å². The van der Waals surface area contributed by atoms with Crippen LogP contribution in [0.5, 0.6) is 23.0 Å². The number of fused-ring (bicyclic) bond motifs is 9. The Labute approximate surface area is 299 Å². The summed E-state index contributed by atoms with van der Waals surface area (Å²) in [6.45, 7) is 6.84. The number of esters is 2. The highest BCUT2D eigenvalue weighted by Crippen LogP contribution is 2.57. The molecule has 0 N–H and O–H groups in total. The zero-order chi connectivity index (χ0) is 37.2. The Hall–Kier alpha value is -5.06. The first-order valence-corrected chi connectivity index (χ1v) is 17.0. The van der Waals surface area contributed by atoms with Gasteiger partial charge in [-0.3, -0.25) is 14.6 Å². The number of carbonyl (C=O) groups is 2. The zero-order valence-corrected chi connectivity index (χ0v) is 29.6. The Kier molecular flexibility index (Phi) is 8.95. The smallest absolute Gasteiger partial charge is 0.416 e. The Bertz CT molecular complexity index is 2060. The molecule has 0 aromatic heterocycles. The average molecular weight is 718 g/mol. The van der Waals surface area contributed by atoms with Crippen molar-refractivity contribution in [3.8, 4) is 29.1 Å². The first-order valence-electron chi connectivity index (χ1n) is 17.0.